The van der Waals surface area contributed by atoms with Crippen LogP contribution in [-0.4, -0.2) is 19.6 Å². The number of allylic oxidation sites excluding steroid dienone is 1. The largest absolute Gasteiger partial charge is 0.496 e. The van der Waals surface area contributed by atoms with Crippen molar-refractivity contribution < 1.29 is 13.9 Å². The van der Waals surface area contributed by atoms with Gasteiger partial charge in [0.15, 0.2) is 0 Å². The van der Waals surface area contributed by atoms with Gasteiger partial charge in [-0.3, -0.25) is 4.79 Å². The number of rotatable bonds is 5. The molecule has 0 aliphatic heterocycles. The van der Waals surface area contributed by atoms with Crippen molar-refractivity contribution in [3.63, 3.8) is 0 Å². The molecule has 0 radical (unpaired) electrons. The van der Waals surface area contributed by atoms with Crippen molar-refractivity contribution in [1.82, 2.24) is 5.32 Å². The maximum absolute atomic E-state index is 11.9. The van der Waals surface area contributed by atoms with E-state index in [9.17, 15) is 4.79 Å². The number of benzene rings is 2. The van der Waals surface area contributed by atoms with Crippen LogP contribution in [0, 0.1) is 0 Å². The Labute approximate surface area is 157 Å². The molecule has 5 heteroatoms. The smallest absolute Gasteiger partial charge is 0.244 e. The van der Waals surface area contributed by atoms with E-state index in [0.717, 1.165) is 33.2 Å². The van der Waals surface area contributed by atoms with Gasteiger partial charge in [0.05, 0.1) is 13.4 Å². The van der Waals surface area contributed by atoms with E-state index in [0.29, 0.717) is 17.3 Å². The first-order valence-corrected chi connectivity index (χ1v) is 8.73. The van der Waals surface area contributed by atoms with Crippen LogP contribution in [0.15, 0.2) is 53.2 Å². The Balaban J connectivity index is 2.12. The van der Waals surface area contributed by atoms with Gasteiger partial charge in [0.25, 0.3) is 0 Å². The van der Waals surface area contributed by atoms with Crippen LogP contribution >= 0.6 is 11.6 Å². The van der Waals surface area contributed by atoms with Gasteiger partial charge in [0.2, 0.25) is 5.91 Å². The summed E-state index contributed by atoms with van der Waals surface area (Å²) in [6.45, 7) is 4.36. The zero-order chi connectivity index (χ0) is 18.7. The highest BCUT2D eigenvalue weighted by Crippen LogP contribution is 2.37. The second kappa shape index (κ2) is 7.67. The Kier molecular flexibility index (Phi) is 5.33. The van der Waals surface area contributed by atoms with Crippen LogP contribution in [0.1, 0.15) is 19.4 Å². The summed E-state index contributed by atoms with van der Waals surface area (Å²) in [6.07, 6.45) is 3.30. The Morgan fingerprint density at radius 3 is 2.65 bits per heavy atom. The average molecular weight is 370 g/mol. The summed E-state index contributed by atoms with van der Waals surface area (Å²) >= 11 is 5.99. The summed E-state index contributed by atoms with van der Waals surface area (Å²) in [5.74, 6) is 0.532. The van der Waals surface area contributed by atoms with Gasteiger partial charge in [0, 0.05) is 40.2 Å². The van der Waals surface area contributed by atoms with Crippen molar-refractivity contribution in [2.75, 3.05) is 13.7 Å². The highest BCUT2D eigenvalue weighted by molar-refractivity contribution is 6.30. The van der Waals surface area contributed by atoms with Gasteiger partial charge in [-0.25, -0.2) is 0 Å². The predicted octanol–water partition coefficient (Wildman–Crippen LogP) is 5.30. The fourth-order valence-corrected chi connectivity index (χ4v) is 3.01. The van der Waals surface area contributed by atoms with Crippen molar-refractivity contribution >= 4 is 34.1 Å². The molecule has 0 fully saturated rings. The van der Waals surface area contributed by atoms with E-state index in [2.05, 4.69) is 5.32 Å². The van der Waals surface area contributed by atoms with Crippen LogP contribution in [-0.2, 0) is 4.79 Å². The zero-order valence-electron chi connectivity index (χ0n) is 14.9. The van der Waals surface area contributed by atoms with E-state index >= 15 is 0 Å². The molecular weight excluding hydrogens is 350 g/mol. The molecule has 0 atom stereocenters. The van der Waals surface area contributed by atoms with Crippen molar-refractivity contribution in [2.45, 2.75) is 13.8 Å². The van der Waals surface area contributed by atoms with Crippen LogP contribution in [0.2, 0.25) is 5.02 Å². The molecule has 1 N–H and O–H groups in total. The molecule has 0 unspecified atom stereocenters. The summed E-state index contributed by atoms with van der Waals surface area (Å²) in [5.41, 5.74) is 4.36. The number of ether oxygens (including phenoxy) is 1. The first-order chi connectivity index (χ1) is 12.5. The molecule has 1 aromatic heterocycles. The number of carbonyl (C=O) groups is 1. The molecule has 0 saturated carbocycles. The Hall–Kier alpha value is -2.72. The first kappa shape index (κ1) is 18.1. The molecule has 1 heterocycles. The molecule has 2 aromatic carbocycles. The van der Waals surface area contributed by atoms with Crippen LogP contribution in [0.5, 0.6) is 5.75 Å². The molecule has 134 valence electrons. The molecule has 0 aliphatic carbocycles. The number of hydrogen-bond donors (Lipinski definition) is 1. The van der Waals surface area contributed by atoms with Crippen LogP contribution in [0.25, 0.3) is 27.7 Å². The number of furan rings is 1. The van der Waals surface area contributed by atoms with Gasteiger partial charge in [-0.05, 0) is 43.2 Å². The molecule has 3 rings (SSSR count). The van der Waals surface area contributed by atoms with Gasteiger partial charge < -0.3 is 14.5 Å². The zero-order valence-corrected chi connectivity index (χ0v) is 15.7. The third-order valence-corrected chi connectivity index (χ3v) is 4.43. The number of nitrogens with one attached hydrogen (secondary N) is 1. The summed E-state index contributed by atoms with van der Waals surface area (Å²) < 4.78 is 11.2. The fourth-order valence-electron chi connectivity index (χ4n) is 2.88. The number of halogens is 1. The molecule has 26 heavy (non-hydrogen) atoms. The number of methoxy groups -OCH3 is 1. The summed E-state index contributed by atoms with van der Waals surface area (Å²) in [4.78, 5) is 11.9. The normalized spacial score (nSPS) is 11.6. The van der Waals surface area contributed by atoms with Crippen molar-refractivity contribution in [2.24, 2.45) is 0 Å². The number of carbonyl (C=O) groups excluding carboxylic acids is 1. The third-order valence-electron chi connectivity index (χ3n) is 4.17. The lowest BCUT2D eigenvalue weighted by atomic mass is 9.99. The molecule has 4 nitrogen and oxygen atoms in total. The number of fused-ring (bicyclic) bond motifs is 1. The highest BCUT2D eigenvalue weighted by atomic mass is 35.5. The van der Waals surface area contributed by atoms with Crippen LogP contribution in [0.4, 0.5) is 0 Å². The molecule has 0 aliphatic rings. The van der Waals surface area contributed by atoms with Gasteiger partial charge in [-0.2, -0.15) is 0 Å². The molecular formula is C21H20ClNO3. The van der Waals surface area contributed by atoms with Crippen molar-refractivity contribution in [3.05, 3.63) is 59.3 Å². The summed E-state index contributed by atoms with van der Waals surface area (Å²) in [7, 11) is 1.60. The lowest BCUT2D eigenvalue weighted by molar-refractivity contribution is -0.116. The van der Waals surface area contributed by atoms with Gasteiger partial charge >= 0.3 is 0 Å². The number of likely N-dealkylation sites (N-methyl/N-ethyl adjacent to an activating group) is 1. The minimum absolute atomic E-state index is 0.128. The Morgan fingerprint density at radius 2 is 2.00 bits per heavy atom. The second-order valence-electron chi connectivity index (χ2n) is 5.93. The van der Waals surface area contributed by atoms with E-state index in [1.807, 2.05) is 50.2 Å². The molecule has 0 saturated heterocycles. The van der Waals surface area contributed by atoms with E-state index in [1.165, 1.54) is 0 Å². The average Bonchev–Trinajstić information content (AvgIpc) is 3.04. The van der Waals surface area contributed by atoms with E-state index in [1.54, 1.807) is 19.4 Å². The first-order valence-electron chi connectivity index (χ1n) is 8.35. The maximum atomic E-state index is 11.9. The van der Waals surface area contributed by atoms with Crippen LogP contribution in [0.3, 0.4) is 0 Å². The number of amides is 1. The third kappa shape index (κ3) is 3.60. The standard InChI is InChI=1S/C21H20ClNO3/c1-4-23-21(24)9-13(2)16-10-17-18(14-5-7-15(22)8-6-14)12-26-20(17)11-19(16)25-3/h5-12H,4H2,1-3H3,(H,23,24)/b13-9+. The lowest BCUT2D eigenvalue weighted by Gasteiger charge is -2.10. The quantitative estimate of drug-likeness (QED) is 0.621. The van der Waals surface area contributed by atoms with Crippen LogP contribution < -0.4 is 10.1 Å². The summed E-state index contributed by atoms with van der Waals surface area (Å²) in [5, 5.41) is 4.41. The van der Waals surface area contributed by atoms with Crippen molar-refractivity contribution in [3.8, 4) is 16.9 Å². The highest BCUT2D eigenvalue weighted by Gasteiger charge is 2.14. The van der Waals surface area contributed by atoms with E-state index in [-0.39, 0.29) is 5.91 Å². The Bertz CT molecular complexity index is 971. The number of hydrogen-bond acceptors (Lipinski definition) is 3. The van der Waals surface area contributed by atoms with E-state index < -0.39 is 0 Å². The van der Waals surface area contributed by atoms with Crippen molar-refractivity contribution in [1.29, 1.82) is 0 Å². The van der Waals surface area contributed by atoms with E-state index in [4.69, 9.17) is 20.8 Å². The second-order valence-corrected chi connectivity index (χ2v) is 6.36. The fraction of sp³-hybridized carbons (Fsp3) is 0.190. The minimum Gasteiger partial charge on any atom is -0.496 e. The van der Waals surface area contributed by atoms with Gasteiger partial charge in [0.1, 0.15) is 11.3 Å². The lowest BCUT2D eigenvalue weighted by Crippen LogP contribution is -2.20. The topological polar surface area (TPSA) is 51.5 Å². The summed E-state index contributed by atoms with van der Waals surface area (Å²) in [6, 6.07) is 11.4. The van der Waals surface area contributed by atoms with Gasteiger partial charge in [-0.15, -0.1) is 0 Å². The van der Waals surface area contributed by atoms with Gasteiger partial charge in [-0.1, -0.05) is 23.7 Å². The molecule has 1 amide bonds. The molecule has 3 aromatic rings. The SMILES string of the molecule is CCNC(=O)/C=C(\C)c1cc2c(-c3ccc(Cl)cc3)coc2cc1OC. The minimum atomic E-state index is -0.128. The Morgan fingerprint density at radius 1 is 1.27 bits per heavy atom. The molecule has 0 spiro atoms. The molecule has 0 bridgehead atoms. The maximum Gasteiger partial charge on any atom is 0.244 e. The predicted molar refractivity (Wildman–Crippen MR) is 106 cm³/mol. The monoisotopic (exact) mass is 369 g/mol.